The first-order valence-corrected chi connectivity index (χ1v) is 7.17. The van der Waals surface area contributed by atoms with Gasteiger partial charge in [-0.05, 0) is 25.5 Å². The van der Waals surface area contributed by atoms with Crippen molar-refractivity contribution >= 4 is 29.1 Å². The summed E-state index contributed by atoms with van der Waals surface area (Å²) in [5.74, 6) is -0.400. The second-order valence-electron chi connectivity index (χ2n) is 4.68. The Labute approximate surface area is 129 Å². The SMILES string of the molecule is C/C=C/C=C\C(=O)N[C@@H]1CCN(c2ccccc2Cl)C1=O. The molecule has 1 fully saturated rings. The zero-order chi connectivity index (χ0) is 15.2. The van der Waals surface area contributed by atoms with Crippen molar-refractivity contribution in [2.75, 3.05) is 11.4 Å². The fraction of sp³-hybridized carbons (Fsp3) is 0.250. The van der Waals surface area contributed by atoms with Gasteiger partial charge in [-0.3, -0.25) is 9.59 Å². The Balaban J connectivity index is 2.02. The fourth-order valence-electron chi connectivity index (χ4n) is 2.20. The summed E-state index contributed by atoms with van der Waals surface area (Å²) in [4.78, 5) is 25.7. The maximum absolute atomic E-state index is 12.3. The van der Waals surface area contributed by atoms with Gasteiger partial charge in [0.2, 0.25) is 11.8 Å². The van der Waals surface area contributed by atoms with Gasteiger partial charge in [-0.15, -0.1) is 0 Å². The molecular weight excluding hydrogens is 288 g/mol. The molecule has 2 rings (SSSR count). The number of anilines is 1. The lowest BCUT2D eigenvalue weighted by Crippen LogP contribution is -2.40. The minimum absolute atomic E-state index is 0.129. The molecule has 0 aliphatic carbocycles. The van der Waals surface area contributed by atoms with Crippen LogP contribution < -0.4 is 10.2 Å². The molecule has 110 valence electrons. The highest BCUT2D eigenvalue weighted by Gasteiger charge is 2.33. The molecule has 1 aromatic carbocycles. The van der Waals surface area contributed by atoms with E-state index in [4.69, 9.17) is 11.6 Å². The molecule has 0 spiro atoms. The van der Waals surface area contributed by atoms with Crippen molar-refractivity contribution in [3.8, 4) is 0 Å². The predicted octanol–water partition coefficient (Wildman–Crippen LogP) is 2.69. The molecule has 1 aromatic rings. The number of para-hydroxylation sites is 1. The number of halogens is 1. The zero-order valence-corrected chi connectivity index (χ0v) is 12.5. The van der Waals surface area contributed by atoms with Crippen LogP contribution in [-0.4, -0.2) is 24.4 Å². The van der Waals surface area contributed by atoms with Crippen molar-refractivity contribution in [3.63, 3.8) is 0 Å². The summed E-state index contributed by atoms with van der Waals surface area (Å²) < 4.78 is 0. The van der Waals surface area contributed by atoms with Gasteiger partial charge in [-0.2, -0.15) is 0 Å². The first kappa shape index (κ1) is 15.3. The molecule has 1 saturated heterocycles. The summed E-state index contributed by atoms with van der Waals surface area (Å²) >= 11 is 6.11. The highest BCUT2D eigenvalue weighted by molar-refractivity contribution is 6.34. The maximum Gasteiger partial charge on any atom is 0.249 e. The number of hydrogen-bond donors (Lipinski definition) is 1. The Morgan fingerprint density at radius 3 is 2.86 bits per heavy atom. The van der Waals surface area contributed by atoms with E-state index in [-0.39, 0.29) is 11.8 Å². The van der Waals surface area contributed by atoms with Crippen LogP contribution in [0.4, 0.5) is 5.69 Å². The molecule has 21 heavy (non-hydrogen) atoms. The summed E-state index contributed by atoms with van der Waals surface area (Å²) in [6, 6.07) is 6.70. The molecular formula is C16H17ClN2O2. The van der Waals surface area contributed by atoms with Gasteiger partial charge < -0.3 is 10.2 Å². The van der Waals surface area contributed by atoms with E-state index in [1.165, 1.54) is 6.08 Å². The Morgan fingerprint density at radius 1 is 1.38 bits per heavy atom. The summed E-state index contributed by atoms with van der Waals surface area (Å²) in [5.41, 5.74) is 0.686. The number of nitrogens with one attached hydrogen (secondary N) is 1. The number of nitrogens with zero attached hydrogens (tertiary/aromatic N) is 1. The first-order valence-electron chi connectivity index (χ1n) is 6.79. The molecule has 0 bridgehead atoms. The van der Waals surface area contributed by atoms with Gasteiger partial charge in [0.15, 0.2) is 0 Å². The van der Waals surface area contributed by atoms with Gasteiger partial charge in [0, 0.05) is 12.6 Å². The molecule has 1 N–H and O–H groups in total. The lowest BCUT2D eigenvalue weighted by atomic mass is 10.2. The monoisotopic (exact) mass is 304 g/mol. The van der Waals surface area contributed by atoms with Crippen LogP contribution in [0.1, 0.15) is 13.3 Å². The van der Waals surface area contributed by atoms with Crippen molar-refractivity contribution in [1.82, 2.24) is 5.32 Å². The first-order chi connectivity index (χ1) is 10.1. The third-order valence-corrected chi connectivity index (χ3v) is 3.54. The predicted molar refractivity (Wildman–Crippen MR) is 84.3 cm³/mol. The van der Waals surface area contributed by atoms with Crippen molar-refractivity contribution in [2.45, 2.75) is 19.4 Å². The number of carbonyl (C=O) groups is 2. The van der Waals surface area contributed by atoms with Gasteiger partial charge in [-0.25, -0.2) is 0 Å². The van der Waals surface area contributed by atoms with E-state index < -0.39 is 6.04 Å². The third kappa shape index (κ3) is 3.73. The molecule has 1 aliphatic rings. The quantitative estimate of drug-likeness (QED) is 0.687. The highest BCUT2D eigenvalue weighted by atomic mass is 35.5. The van der Waals surface area contributed by atoms with Crippen molar-refractivity contribution in [1.29, 1.82) is 0 Å². The maximum atomic E-state index is 12.3. The molecule has 0 radical (unpaired) electrons. The fourth-order valence-corrected chi connectivity index (χ4v) is 2.44. The van der Waals surface area contributed by atoms with Crippen molar-refractivity contribution < 1.29 is 9.59 Å². The van der Waals surface area contributed by atoms with Crippen LogP contribution in [0.2, 0.25) is 5.02 Å². The Kier molecular flexibility index (Phi) is 5.17. The lowest BCUT2D eigenvalue weighted by Gasteiger charge is -2.18. The number of allylic oxidation sites excluding steroid dienone is 3. The van der Waals surface area contributed by atoms with E-state index in [0.29, 0.717) is 23.7 Å². The van der Waals surface area contributed by atoms with Gasteiger partial charge >= 0.3 is 0 Å². The smallest absolute Gasteiger partial charge is 0.249 e. The molecule has 2 amide bonds. The van der Waals surface area contributed by atoms with E-state index in [1.54, 1.807) is 29.2 Å². The summed E-state index contributed by atoms with van der Waals surface area (Å²) in [5, 5.41) is 3.25. The number of benzene rings is 1. The van der Waals surface area contributed by atoms with Crippen molar-refractivity contribution in [3.05, 3.63) is 53.6 Å². The summed E-state index contributed by atoms with van der Waals surface area (Å²) in [6.45, 7) is 2.41. The third-order valence-electron chi connectivity index (χ3n) is 3.22. The average Bonchev–Trinajstić information content (AvgIpc) is 2.81. The van der Waals surface area contributed by atoms with Crippen molar-refractivity contribution in [2.24, 2.45) is 0 Å². The average molecular weight is 305 g/mol. The van der Waals surface area contributed by atoms with Crippen LogP contribution in [0.25, 0.3) is 0 Å². The number of rotatable bonds is 4. The van der Waals surface area contributed by atoms with Crippen LogP contribution in [-0.2, 0) is 9.59 Å². The molecule has 0 saturated carbocycles. The van der Waals surface area contributed by atoms with Gasteiger partial charge in [0.25, 0.3) is 0 Å². The Bertz CT molecular complexity index is 596. The molecule has 1 atom stereocenters. The summed E-state index contributed by atoms with van der Waals surface area (Å²) in [6.07, 6.45) is 7.20. The van der Waals surface area contributed by atoms with E-state index in [1.807, 2.05) is 25.1 Å². The second kappa shape index (κ2) is 7.09. The zero-order valence-electron chi connectivity index (χ0n) is 11.8. The van der Waals surface area contributed by atoms with E-state index in [0.717, 1.165) is 0 Å². The lowest BCUT2D eigenvalue weighted by molar-refractivity contribution is -0.123. The van der Waals surface area contributed by atoms with Gasteiger partial charge in [-0.1, -0.05) is 42.0 Å². The van der Waals surface area contributed by atoms with Crippen LogP contribution in [0, 0.1) is 0 Å². The van der Waals surface area contributed by atoms with Crippen LogP contribution >= 0.6 is 11.6 Å². The Morgan fingerprint density at radius 2 is 2.14 bits per heavy atom. The second-order valence-corrected chi connectivity index (χ2v) is 5.08. The normalized spacial score (nSPS) is 18.9. The molecule has 5 heteroatoms. The number of hydrogen-bond acceptors (Lipinski definition) is 2. The highest BCUT2D eigenvalue weighted by Crippen LogP contribution is 2.28. The standard InChI is InChI=1S/C16H17ClN2O2/c1-2-3-4-9-15(20)18-13-10-11-19(16(13)21)14-8-6-5-7-12(14)17/h2-9,13H,10-11H2,1H3,(H,18,20)/b3-2+,9-4-/t13-/m1/s1. The van der Waals surface area contributed by atoms with E-state index in [2.05, 4.69) is 5.32 Å². The number of carbonyl (C=O) groups excluding carboxylic acids is 2. The topological polar surface area (TPSA) is 49.4 Å². The van der Waals surface area contributed by atoms with E-state index in [9.17, 15) is 9.59 Å². The molecule has 1 aliphatic heterocycles. The largest absolute Gasteiger partial charge is 0.341 e. The summed E-state index contributed by atoms with van der Waals surface area (Å²) in [7, 11) is 0. The minimum Gasteiger partial charge on any atom is -0.341 e. The molecule has 4 nitrogen and oxygen atoms in total. The molecule has 0 unspecified atom stereocenters. The molecule has 1 heterocycles. The molecule has 0 aromatic heterocycles. The van der Waals surface area contributed by atoms with Gasteiger partial charge in [0.05, 0.1) is 10.7 Å². The number of amides is 2. The van der Waals surface area contributed by atoms with Crippen LogP contribution in [0.3, 0.4) is 0 Å². The van der Waals surface area contributed by atoms with Crippen LogP contribution in [0.5, 0.6) is 0 Å². The van der Waals surface area contributed by atoms with E-state index >= 15 is 0 Å². The minimum atomic E-state index is -0.496. The van der Waals surface area contributed by atoms with Crippen LogP contribution in [0.15, 0.2) is 48.6 Å². The van der Waals surface area contributed by atoms with Gasteiger partial charge in [0.1, 0.15) is 6.04 Å². The Hall–Kier alpha value is -2.07.